The van der Waals surface area contributed by atoms with Gasteiger partial charge in [-0.1, -0.05) is 0 Å². The van der Waals surface area contributed by atoms with Crippen LogP contribution in [0.25, 0.3) is 0 Å². The zero-order valence-corrected chi connectivity index (χ0v) is 9.37. The van der Waals surface area contributed by atoms with Gasteiger partial charge < -0.3 is 5.73 Å². The molecule has 0 amide bonds. The number of nitrogen functional groups attached to an aromatic ring is 1. The van der Waals surface area contributed by atoms with Crippen molar-refractivity contribution < 1.29 is 8.42 Å². The molecule has 4 nitrogen and oxygen atoms in total. The number of aromatic nitrogens is 1. The third-order valence-corrected chi connectivity index (χ3v) is 4.67. The lowest BCUT2D eigenvalue weighted by Gasteiger charge is -2.03. The van der Waals surface area contributed by atoms with Crippen LogP contribution in [-0.4, -0.2) is 19.7 Å². The van der Waals surface area contributed by atoms with Crippen molar-refractivity contribution in [1.29, 1.82) is 0 Å². The van der Waals surface area contributed by atoms with Gasteiger partial charge in [-0.05, 0) is 13.8 Å². The van der Waals surface area contributed by atoms with Crippen molar-refractivity contribution in [2.75, 3.05) is 12.0 Å². The Balaban J connectivity index is 3.10. The average Bonchev–Trinajstić information content (AvgIpc) is 2.29. The Labute approximate surface area is 81.7 Å². The van der Waals surface area contributed by atoms with Crippen LogP contribution in [-0.2, 0) is 9.84 Å². The molecule has 1 atom stereocenters. The lowest BCUT2D eigenvalue weighted by molar-refractivity contribution is 0.592. The van der Waals surface area contributed by atoms with E-state index < -0.39 is 15.1 Å². The van der Waals surface area contributed by atoms with Crippen molar-refractivity contribution in [2.45, 2.75) is 19.1 Å². The zero-order valence-electron chi connectivity index (χ0n) is 7.73. The minimum atomic E-state index is -3.07. The Morgan fingerprint density at radius 1 is 1.54 bits per heavy atom. The number of sulfone groups is 1. The highest BCUT2D eigenvalue weighted by Gasteiger charge is 2.21. The van der Waals surface area contributed by atoms with Crippen LogP contribution < -0.4 is 5.73 Å². The van der Waals surface area contributed by atoms with Crippen LogP contribution in [0.1, 0.15) is 22.1 Å². The van der Waals surface area contributed by atoms with Gasteiger partial charge in [0.1, 0.15) is 16.1 Å². The maximum Gasteiger partial charge on any atom is 0.156 e. The molecule has 1 heterocycles. The van der Waals surface area contributed by atoms with Gasteiger partial charge in [-0.15, -0.1) is 11.3 Å². The fourth-order valence-corrected chi connectivity index (χ4v) is 2.65. The van der Waals surface area contributed by atoms with Gasteiger partial charge >= 0.3 is 0 Å². The molecule has 0 radical (unpaired) electrons. The number of aryl methyl sites for hydroxylation is 1. The molecule has 6 heteroatoms. The van der Waals surface area contributed by atoms with E-state index in [2.05, 4.69) is 4.98 Å². The van der Waals surface area contributed by atoms with Gasteiger partial charge in [-0.2, -0.15) is 0 Å². The fourth-order valence-electron chi connectivity index (χ4n) is 0.786. The van der Waals surface area contributed by atoms with Crippen LogP contribution >= 0.6 is 11.3 Å². The molecule has 2 N–H and O–H groups in total. The summed E-state index contributed by atoms with van der Waals surface area (Å²) in [5, 5.41) is 0.00556. The summed E-state index contributed by atoms with van der Waals surface area (Å²) in [6.45, 7) is 3.44. The van der Waals surface area contributed by atoms with Crippen molar-refractivity contribution in [3.63, 3.8) is 0 Å². The molecule has 0 spiro atoms. The smallest absolute Gasteiger partial charge is 0.156 e. The van der Waals surface area contributed by atoms with E-state index in [9.17, 15) is 8.42 Å². The standard InChI is InChI=1S/C7H12N2O2S2/c1-4-6(8)9-7(12-4)5(2)13(3,10)11/h5H,8H2,1-3H3. The molecule has 0 saturated carbocycles. The third kappa shape index (κ3) is 2.19. The van der Waals surface area contributed by atoms with Gasteiger partial charge in [0.25, 0.3) is 0 Å². The van der Waals surface area contributed by atoms with Crippen LogP contribution in [0, 0.1) is 6.92 Å². The van der Waals surface area contributed by atoms with Gasteiger partial charge in [0.05, 0.1) is 0 Å². The molecule has 0 fully saturated rings. The van der Waals surface area contributed by atoms with Gasteiger partial charge in [-0.25, -0.2) is 13.4 Å². The van der Waals surface area contributed by atoms with Crippen LogP contribution in [0.15, 0.2) is 0 Å². The van der Waals surface area contributed by atoms with Gasteiger partial charge in [0.15, 0.2) is 9.84 Å². The number of hydrogen-bond acceptors (Lipinski definition) is 5. The Kier molecular flexibility index (Phi) is 2.63. The summed E-state index contributed by atoms with van der Waals surface area (Å²) in [7, 11) is -3.07. The molecule has 13 heavy (non-hydrogen) atoms. The first-order valence-corrected chi connectivity index (χ1v) is 6.51. The minimum Gasteiger partial charge on any atom is -0.383 e. The molecule has 1 aromatic rings. The highest BCUT2D eigenvalue weighted by molar-refractivity contribution is 7.91. The van der Waals surface area contributed by atoms with E-state index in [-0.39, 0.29) is 0 Å². The van der Waals surface area contributed by atoms with Crippen LogP contribution in [0.2, 0.25) is 0 Å². The first-order valence-electron chi connectivity index (χ1n) is 3.74. The number of rotatable bonds is 2. The number of hydrogen-bond donors (Lipinski definition) is 1. The molecular formula is C7H12N2O2S2. The first kappa shape index (κ1) is 10.5. The summed E-state index contributed by atoms with van der Waals surface area (Å²) in [5.41, 5.74) is 5.53. The van der Waals surface area contributed by atoms with Crippen molar-refractivity contribution >= 4 is 27.0 Å². The van der Waals surface area contributed by atoms with Crippen molar-refractivity contribution in [2.24, 2.45) is 0 Å². The van der Waals surface area contributed by atoms with Crippen LogP contribution in [0.3, 0.4) is 0 Å². The van der Waals surface area contributed by atoms with Crippen LogP contribution in [0.5, 0.6) is 0 Å². The number of nitrogens with two attached hydrogens (primary N) is 1. The zero-order chi connectivity index (χ0) is 10.2. The van der Waals surface area contributed by atoms with Gasteiger partial charge in [-0.3, -0.25) is 0 Å². The molecule has 0 saturated heterocycles. The van der Waals surface area contributed by atoms with E-state index in [1.54, 1.807) is 6.92 Å². The Morgan fingerprint density at radius 3 is 2.38 bits per heavy atom. The molecule has 0 bridgehead atoms. The summed E-state index contributed by atoms with van der Waals surface area (Å²) >= 11 is 1.33. The maximum absolute atomic E-state index is 11.2. The van der Waals surface area contributed by atoms with E-state index in [1.165, 1.54) is 17.6 Å². The fraction of sp³-hybridized carbons (Fsp3) is 0.571. The minimum absolute atomic E-state index is 0.426. The third-order valence-electron chi connectivity index (χ3n) is 1.84. The monoisotopic (exact) mass is 220 g/mol. The van der Waals surface area contributed by atoms with E-state index in [0.29, 0.717) is 10.8 Å². The number of thiazole rings is 1. The predicted molar refractivity (Wildman–Crippen MR) is 54.5 cm³/mol. The number of anilines is 1. The predicted octanol–water partition coefficient (Wildman–Crippen LogP) is 1.14. The molecule has 0 aromatic carbocycles. The first-order chi connectivity index (χ1) is 5.82. The molecule has 1 aromatic heterocycles. The summed E-state index contributed by atoms with van der Waals surface area (Å²) in [5.74, 6) is 0.426. The summed E-state index contributed by atoms with van der Waals surface area (Å²) in [6, 6.07) is 0. The van der Waals surface area contributed by atoms with Gasteiger partial charge in [0.2, 0.25) is 0 Å². The molecular weight excluding hydrogens is 208 g/mol. The highest BCUT2D eigenvalue weighted by atomic mass is 32.2. The van der Waals surface area contributed by atoms with Crippen LogP contribution in [0.4, 0.5) is 5.82 Å². The normalized spacial score (nSPS) is 14.4. The van der Waals surface area contributed by atoms with Crippen molar-refractivity contribution in [3.05, 3.63) is 9.88 Å². The quantitative estimate of drug-likeness (QED) is 0.811. The molecule has 1 unspecified atom stereocenters. The molecule has 74 valence electrons. The molecule has 0 aliphatic heterocycles. The lowest BCUT2D eigenvalue weighted by Crippen LogP contribution is -2.07. The summed E-state index contributed by atoms with van der Waals surface area (Å²) in [4.78, 5) is 4.86. The second kappa shape index (κ2) is 3.26. The molecule has 1 rings (SSSR count). The lowest BCUT2D eigenvalue weighted by atomic mass is 10.5. The Bertz CT molecular complexity index is 389. The van der Waals surface area contributed by atoms with E-state index in [1.807, 2.05) is 6.92 Å². The van der Waals surface area contributed by atoms with Crippen molar-refractivity contribution in [1.82, 2.24) is 4.98 Å². The largest absolute Gasteiger partial charge is 0.383 e. The SMILES string of the molecule is Cc1sc(C(C)S(C)(=O)=O)nc1N. The molecule has 0 aliphatic rings. The summed E-state index contributed by atoms with van der Waals surface area (Å²) < 4.78 is 22.4. The van der Waals surface area contributed by atoms with Crippen molar-refractivity contribution in [3.8, 4) is 0 Å². The summed E-state index contributed by atoms with van der Waals surface area (Å²) in [6.07, 6.45) is 1.20. The number of nitrogens with zero attached hydrogens (tertiary/aromatic N) is 1. The topological polar surface area (TPSA) is 73.0 Å². The van der Waals surface area contributed by atoms with E-state index in [4.69, 9.17) is 5.73 Å². The average molecular weight is 220 g/mol. The van der Waals surface area contributed by atoms with Gasteiger partial charge in [0, 0.05) is 11.1 Å². The molecule has 0 aliphatic carbocycles. The maximum atomic E-state index is 11.2. The van der Waals surface area contributed by atoms with E-state index >= 15 is 0 Å². The Morgan fingerprint density at radius 2 is 2.08 bits per heavy atom. The second-order valence-electron chi connectivity index (χ2n) is 2.97. The highest BCUT2D eigenvalue weighted by Crippen LogP contribution is 2.28. The Hall–Kier alpha value is -0.620. The van der Waals surface area contributed by atoms with E-state index in [0.717, 1.165) is 4.88 Å². The second-order valence-corrected chi connectivity index (χ2v) is 6.57.